The molecule has 0 saturated heterocycles. The maximum atomic E-state index is 11.3. The summed E-state index contributed by atoms with van der Waals surface area (Å²) in [4.78, 5) is 4.07. The van der Waals surface area contributed by atoms with Crippen molar-refractivity contribution in [1.82, 2.24) is 13.7 Å². The van der Waals surface area contributed by atoms with Gasteiger partial charge in [0.1, 0.15) is 6.07 Å². The predicted octanol–water partition coefficient (Wildman–Crippen LogP) is 13.1. The minimum absolute atomic E-state index is 0.519. The van der Waals surface area contributed by atoms with Crippen LogP contribution in [0.3, 0.4) is 0 Å². The van der Waals surface area contributed by atoms with E-state index in [0.29, 0.717) is 11.3 Å². The third kappa shape index (κ3) is 4.27. The molecule has 3 heterocycles. The highest BCUT2D eigenvalue weighted by Crippen LogP contribution is 2.45. The highest BCUT2D eigenvalue weighted by molar-refractivity contribution is 6.26. The van der Waals surface area contributed by atoms with E-state index in [9.17, 15) is 5.26 Å². The van der Waals surface area contributed by atoms with Crippen LogP contribution in [0.2, 0.25) is 0 Å². The molecule has 0 N–H and O–H groups in total. The Morgan fingerprint density at radius 2 is 0.982 bits per heavy atom. The largest absolute Gasteiger partial charge is 0.318 e. The van der Waals surface area contributed by atoms with Crippen LogP contribution in [0, 0.1) is 17.9 Å². The minimum atomic E-state index is 0.519. The van der Waals surface area contributed by atoms with Gasteiger partial charge in [0, 0.05) is 43.6 Å². The zero-order valence-corrected chi connectivity index (χ0v) is 29.5. The molecule has 5 heteroatoms. The fraction of sp³-hybridized carbons (Fsp3) is 0. The number of nitriles is 1. The first-order chi connectivity index (χ1) is 27.3. The average Bonchev–Trinajstić information content (AvgIpc) is 3.89. The van der Waals surface area contributed by atoms with Crippen molar-refractivity contribution in [2.75, 3.05) is 0 Å². The van der Waals surface area contributed by atoms with Crippen LogP contribution in [0.1, 0.15) is 5.56 Å². The number of hydrogen-bond donors (Lipinski definition) is 0. The van der Waals surface area contributed by atoms with Gasteiger partial charge in [0.25, 0.3) is 0 Å². The molecular weight excluding hydrogens is 671 g/mol. The maximum Gasteiger partial charge on any atom is 0.211 e. The lowest BCUT2D eigenvalue weighted by molar-refractivity contribution is 1.16. The van der Waals surface area contributed by atoms with Gasteiger partial charge >= 0.3 is 0 Å². The van der Waals surface area contributed by atoms with Gasteiger partial charge in [-0.3, -0.25) is 0 Å². The lowest BCUT2D eigenvalue weighted by Crippen LogP contribution is -2.02. The van der Waals surface area contributed by atoms with Crippen molar-refractivity contribution in [1.29, 1.82) is 5.26 Å². The third-order valence-corrected chi connectivity index (χ3v) is 11.1. The van der Waals surface area contributed by atoms with Crippen molar-refractivity contribution in [2.45, 2.75) is 0 Å². The van der Waals surface area contributed by atoms with E-state index in [1.165, 1.54) is 0 Å². The van der Waals surface area contributed by atoms with E-state index in [0.717, 1.165) is 93.6 Å². The Bertz CT molecular complexity index is 3400. The van der Waals surface area contributed by atoms with E-state index in [1.54, 1.807) is 0 Å². The molecule has 0 atom stereocenters. The van der Waals surface area contributed by atoms with Gasteiger partial charge in [-0.05, 0) is 54.1 Å². The van der Waals surface area contributed by atoms with E-state index in [1.807, 2.05) is 48.5 Å². The summed E-state index contributed by atoms with van der Waals surface area (Å²) in [6.07, 6.45) is 0. The second-order valence-electron chi connectivity index (χ2n) is 13.9. The minimum Gasteiger partial charge on any atom is -0.318 e. The molecular formula is C50H29N5. The van der Waals surface area contributed by atoms with Crippen molar-refractivity contribution in [3.05, 3.63) is 193 Å². The van der Waals surface area contributed by atoms with Crippen molar-refractivity contribution in [3.63, 3.8) is 0 Å². The molecule has 254 valence electrons. The van der Waals surface area contributed by atoms with E-state index in [2.05, 4.69) is 152 Å². The van der Waals surface area contributed by atoms with Crippen LogP contribution >= 0.6 is 0 Å². The van der Waals surface area contributed by atoms with Crippen molar-refractivity contribution < 1.29 is 0 Å². The molecule has 5 nitrogen and oxygen atoms in total. The van der Waals surface area contributed by atoms with Crippen molar-refractivity contribution in [2.24, 2.45) is 0 Å². The molecule has 0 radical (unpaired) electrons. The van der Waals surface area contributed by atoms with Crippen LogP contribution in [-0.4, -0.2) is 13.7 Å². The summed E-state index contributed by atoms with van der Waals surface area (Å²) in [7, 11) is 0. The normalized spacial score (nSPS) is 11.6. The maximum absolute atomic E-state index is 11.3. The predicted molar refractivity (Wildman–Crippen MR) is 226 cm³/mol. The van der Waals surface area contributed by atoms with E-state index < -0.39 is 0 Å². The Kier molecular flexibility index (Phi) is 6.61. The number of hydrogen-bond acceptors (Lipinski definition) is 1. The van der Waals surface area contributed by atoms with Gasteiger partial charge in [0.05, 0.1) is 56.6 Å². The van der Waals surface area contributed by atoms with Gasteiger partial charge in [-0.15, -0.1) is 0 Å². The average molecular weight is 700 g/mol. The first kappa shape index (κ1) is 30.7. The van der Waals surface area contributed by atoms with Crippen LogP contribution < -0.4 is 0 Å². The Balaban J connectivity index is 1.27. The topological polar surface area (TPSA) is 42.9 Å². The Labute approximate surface area is 316 Å². The summed E-state index contributed by atoms with van der Waals surface area (Å²) >= 11 is 0. The summed E-state index contributed by atoms with van der Waals surface area (Å²) in [6.45, 7) is 8.34. The van der Waals surface area contributed by atoms with Gasteiger partial charge in [0.15, 0.2) is 0 Å². The standard InChI is InChI=1S/C50H29N5/c1-52-41-23-13-22-37(49(41)54-42-24-9-5-17-34(42)35-18-6-10-25-43(35)54)33-21-14-28-46(40(33)31-51)55-44-26-11-7-19-36(44)38-29-30-47-48(50(38)55)39-20-8-12-27-45(39)53(47)32-15-3-2-4-16-32/h2-30H. The van der Waals surface area contributed by atoms with Crippen LogP contribution in [0.25, 0.3) is 98.5 Å². The summed E-state index contributed by atoms with van der Waals surface area (Å²) in [5, 5.41) is 18.0. The van der Waals surface area contributed by atoms with Gasteiger partial charge in [-0.1, -0.05) is 127 Å². The molecule has 0 saturated carbocycles. The molecule has 11 rings (SSSR count). The second-order valence-corrected chi connectivity index (χ2v) is 13.9. The molecule has 11 aromatic rings. The van der Waals surface area contributed by atoms with E-state index >= 15 is 0 Å². The van der Waals surface area contributed by atoms with Crippen LogP contribution in [0.5, 0.6) is 0 Å². The summed E-state index contributed by atoms with van der Waals surface area (Å²) < 4.78 is 6.82. The molecule has 0 aliphatic rings. The molecule has 55 heavy (non-hydrogen) atoms. The zero-order chi connectivity index (χ0) is 36.6. The van der Waals surface area contributed by atoms with E-state index in [4.69, 9.17) is 6.57 Å². The van der Waals surface area contributed by atoms with Crippen molar-refractivity contribution >= 4 is 71.1 Å². The molecule has 0 bridgehead atoms. The highest BCUT2D eigenvalue weighted by Gasteiger charge is 2.25. The second kappa shape index (κ2) is 11.8. The smallest absolute Gasteiger partial charge is 0.211 e. The number of fused-ring (bicyclic) bond motifs is 10. The summed E-state index contributed by atoms with van der Waals surface area (Å²) in [5.74, 6) is 0. The Hall–Kier alpha value is -7.86. The molecule has 8 aromatic carbocycles. The third-order valence-electron chi connectivity index (χ3n) is 11.1. The molecule has 3 aromatic heterocycles. The fourth-order valence-electron chi connectivity index (χ4n) is 8.92. The highest BCUT2D eigenvalue weighted by atomic mass is 15.0. The molecule has 0 aliphatic carbocycles. The van der Waals surface area contributed by atoms with Crippen LogP contribution in [0.4, 0.5) is 5.69 Å². The van der Waals surface area contributed by atoms with E-state index in [-0.39, 0.29) is 0 Å². The SMILES string of the molecule is [C-]#[N+]c1cccc(-c2cccc(-n3c4ccccc4c4ccc5c(c6ccccc6n5-c5ccccc5)c43)c2C#N)c1-n1c2ccccc2c2ccccc21. The van der Waals surface area contributed by atoms with Gasteiger partial charge in [0.2, 0.25) is 5.69 Å². The van der Waals surface area contributed by atoms with Gasteiger partial charge in [-0.25, -0.2) is 4.85 Å². The lowest BCUT2D eigenvalue weighted by atomic mass is 9.96. The zero-order valence-electron chi connectivity index (χ0n) is 29.5. The molecule has 0 spiro atoms. The first-order valence-electron chi connectivity index (χ1n) is 18.3. The number of rotatable bonds is 4. The molecule has 0 amide bonds. The Morgan fingerprint density at radius 3 is 1.64 bits per heavy atom. The quantitative estimate of drug-likeness (QED) is 0.169. The molecule has 0 unspecified atom stereocenters. The Morgan fingerprint density at radius 1 is 0.436 bits per heavy atom. The van der Waals surface area contributed by atoms with Gasteiger partial charge < -0.3 is 13.7 Å². The van der Waals surface area contributed by atoms with Crippen molar-refractivity contribution in [3.8, 4) is 34.3 Å². The first-order valence-corrected chi connectivity index (χ1v) is 18.3. The van der Waals surface area contributed by atoms with Crippen LogP contribution in [0.15, 0.2) is 176 Å². The number of benzene rings is 8. The number of aromatic nitrogens is 3. The number of nitrogens with zero attached hydrogens (tertiary/aromatic N) is 5. The summed E-state index contributed by atoms with van der Waals surface area (Å²) in [5.41, 5.74) is 11.6. The fourth-order valence-corrected chi connectivity index (χ4v) is 8.92. The van der Waals surface area contributed by atoms with Crippen LogP contribution in [-0.2, 0) is 0 Å². The monoisotopic (exact) mass is 699 g/mol. The lowest BCUT2D eigenvalue weighted by Gasteiger charge is -2.19. The molecule has 0 fully saturated rings. The summed E-state index contributed by atoms with van der Waals surface area (Å²) in [6, 6.07) is 63.3. The number of para-hydroxylation sites is 6. The molecule has 0 aliphatic heterocycles. The van der Waals surface area contributed by atoms with Gasteiger partial charge in [-0.2, -0.15) is 5.26 Å².